The van der Waals surface area contributed by atoms with Crippen LogP contribution in [0.5, 0.6) is 11.5 Å². The Morgan fingerprint density at radius 3 is 2.68 bits per heavy atom. The van der Waals surface area contributed by atoms with Crippen molar-refractivity contribution in [1.29, 1.82) is 0 Å². The summed E-state index contributed by atoms with van der Waals surface area (Å²) < 4.78 is 12.5. The van der Waals surface area contributed by atoms with Crippen LogP contribution in [0.25, 0.3) is 0 Å². The first-order valence-corrected chi connectivity index (χ1v) is 8.98. The molecule has 122 valence electrons. The van der Waals surface area contributed by atoms with Gasteiger partial charge in [0, 0.05) is 37.2 Å². The summed E-state index contributed by atoms with van der Waals surface area (Å²) in [4.78, 5) is 2.51. The molecule has 2 fully saturated rings. The summed E-state index contributed by atoms with van der Waals surface area (Å²) in [5.74, 6) is 2.45. The quantitative estimate of drug-likeness (QED) is 0.802. The summed E-state index contributed by atoms with van der Waals surface area (Å²) in [6.07, 6.45) is 3.62. The molecule has 1 N–H and O–H groups in total. The van der Waals surface area contributed by atoms with Crippen molar-refractivity contribution in [3.8, 4) is 11.5 Å². The molecule has 1 saturated heterocycles. The maximum Gasteiger partial charge on any atom is 0.162 e. The lowest BCUT2D eigenvalue weighted by molar-refractivity contribution is 0.243. The minimum Gasteiger partial charge on any atom is -0.493 e. The Labute approximate surface area is 141 Å². The van der Waals surface area contributed by atoms with Crippen LogP contribution in [-0.4, -0.2) is 51.3 Å². The molecule has 0 unspecified atom stereocenters. The normalized spacial score (nSPS) is 19.2. The second kappa shape index (κ2) is 7.66. The average molecular weight is 369 g/mol. The van der Waals surface area contributed by atoms with E-state index in [0.717, 1.165) is 67.6 Å². The van der Waals surface area contributed by atoms with Gasteiger partial charge in [0.15, 0.2) is 11.5 Å². The molecule has 1 saturated carbocycles. The molecule has 1 aliphatic carbocycles. The smallest absolute Gasteiger partial charge is 0.162 e. The number of hydrogen-bond donors (Lipinski definition) is 1. The number of nitrogens with zero attached hydrogens (tertiary/aromatic N) is 1. The summed E-state index contributed by atoms with van der Waals surface area (Å²) in [6, 6.07) is 4.18. The van der Waals surface area contributed by atoms with Gasteiger partial charge in [-0.25, -0.2) is 0 Å². The molecule has 0 radical (unpaired) electrons. The van der Waals surface area contributed by atoms with Crippen molar-refractivity contribution in [2.75, 3.05) is 46.4 Å². The largest absolute Gasteiger partial charge is 0.493 e. The lowest BCUT2D eigenvalue weighted by atomic mass is 10.1. The fourth-order valence-electron chi connectivity index (χ4n) is 2.75. The zero-order valence-corrected chi connectivity index (χ0v) is 14.8. The Morgan fingerprint density at radius 2 is 2.00 bits per heavy atom. The van der Waals surface area contributed by atoms with E-state index in [1.165, 1.54) is 18.4 Å². The monoisotopic (exact) mass is 368 g/mol. The van der Waals surface area contributed by atoms with Gasteiger partial charge in [-0.2, -0.15) is 0 Å². The van der Waals surface area contributed by atoms with Crippen LogP contribution in [0.1, 0.15) is 18.4 Å². The number of halogens is 1. The minimum absolute atomic E-state index is 0.746. The lowest BCUT2D eigenvalue weighted by Crippen LogP contribution is -2.44. The standard InChI is InChI=1S/C17H25BrN2O2/c1-21-16-10-14(4-7-20-8-5-19-6-9-20)15(18)11-17(16)22-12-13-2-3-13/h10-11,13,19H,2-9,12H2,1H3. The number of nitrogens with one attached hydrogen (secondary N) is 1. The molecule has 1 aliphatic heterocycles. The van der Waals surface area contributed by atoms with Crippen molar-refractivity contribution in [3.63, 3.8) is 0 Å². The molecule has 3 rings (SSSR count). The highest BCUT2D eigenvalue weighted by atomic mass is 79.9. The van der Waals surface area contributed by atoms with Crippen LogP contribution in [0.2, 0.25) is 0 Å². The number of ether oxygens (including phenoxy) is 2. The highest BCUT2D eigenvalue weighted by Crippen LogP contribution is 2.36. The van der Waals surface area contributed by atoms with E-state index in [1.807, 2.05) is 0 Å². The van der Waals surface area contributed by atoms with Gasteiger partial charge in [0.2, 0.25) is 0 Å². The van der Waals surface area contributed by atoms with E-state index in [1.54, 1.807) is 7.11 Å². The van der Waals surface area contributed by atoms with Crippen LogP contribution >= 0.6 is 15.9 Å². The Bertz CT molecular complexity index is 500. The maximum atomic E-state index is 5.91. The van der Waals surface area contributed by atoms with Crippen LogP contribution in [0.4, 0.5) is 0 Å². The third-order valence-electron chi connectivity index (χ3n) is 4.41. The Balaban J connectivity index is 1.62. The average Bonchev–Trinajstić information content (AvgIpc) is 3.37. The number of methoxy groups -OCH3 is 1. The van der Waals surface area contributed by atoms with Crippen molar-refractivity contribution >= 4 is 15.9 Å². The number of rotatable bonds is 7. The molecule has 1 aromatic rings. The Kier molecular flexibility index (Phi) is 5.61. The van der Waals surface area contributed by atoms with Gasteiger partial charge >= 0.3 is 0 Å². The van der Waals surface area contributed by atoms with Gasteiger partial charge in [0.05, 0.1) is 13.7 Å². The van der Waals surface area contributed by atoms with E-state index >= 15 is 0 Å². The second-order valence-corrected chi connectivity index (χ2v) is 7.04. The second-order valence-electron chi connectivity index (χ2n) is 6.19. The molecule has 0 spiro atoms. The van der Waals surface area contributed by atoms with E-state index in [-0.39, 0.29) is 0 Å². The van der Waals surface area contributed by atoms with Crippen LogP contribution in [0.3, 0.4) is 0 Å². The van der Waals surface area contributed by atoms with Crippen molar-refractivity contribution in [3.05, 3.63) is 22.2 Å². The highest BCUT2D eigenvalue weighted by molar-refractivity contribution is 9.10. The molecule has 0 bridgehead atoms. The summed E-state index contributed by atoms with van der Waals surface area (Å²) >= 11 is 3.69. The van der Waals surface area contributed by atoms with Crippen molar-refractivity contribution < 1.29 is 9.47 Å². The molecule has 1 heterocycles. The molecular formula is C17H25BrN2O2. The molecule has 0 atom stereocenters. The zero-order chi connectivity index (χ0) is 15.4. The number of piperazine rings is 1. The topological polar surface area (TPSA) is 33.7 Å². The molecule has 4 nitrogen and oxygen atoms in total. The molecule has 1 aromatic carbocycles. The van der Waals surface area contributed by atoms with Gasteiger partial charge in [-0.1, -0.05) is 15.9 Å². The predicted octanol–water partition coefficient (Wildman–Crippen LogP) is 2.69. The molecular weight excluding hydrogens is 344 g/mol. The Hall–Kier alpha value is -0.780. The maximum absolute atomic E-state index is 5.91. The summed E-state index contributed by atoms with van der Waals surface area (Å²) in [6.45, 7) is 6.36. The highest BCUT2D eigenvalue weighted by Gasteiger charge is 2.23. The first kappa shape index (κ1) is 16.1. The van der Waals surface area contributed by atoms with Gasteiger partial charge in [0.25, 0.3) is 0 Å². The first-order chi connectivity index (χ1) is 10.8. The van der Waals surface area contributed by atoms with E-state index in [2.05, 4.69) is 38.3 Å². The van der Waals surface area contributed by atoms with E-state index < -0.39 is 0 Å². The van der Waals surface area contributed by atoms with E-state index in [9.17, 15) is 0 Å². The summed E-state index contributed by atoms with van der Waals surface area (Å²) in [7, 11) is 1.72. The third kappa shape index (κ3) is 4.37. The van der Waals surface area contributed by atoms with Crippen molar-refractivity contribution in [2.45, 2.75) is 19.3 Å². The Morgan fingerprint density at radius 1 is 1.23 bits per heavy atom. The van der Waals surface area contributed by atoms with Gasteiger partial charge in [-0.15, -0.1) is 0 Å². The first-order valence-electron chi connectivity index (χ1n) is 8.18. The third-order valence-corrected chi connectivity index (χ3v) is 5.15. The fourth-order valence-corrected chi connectivity index (χ4v) is 3.27. The lowest BCUT2D eigenvalue weighted by Gasteiger charge is -2.27. The van der Waals surface area contributed by atoms with Gasteiger partial charge in [0.1, 0.15) is 0 Å². The fraction of sp³-hybridized carbons (Fsp3) is 0.647. The van der Waals surface area contributed by atoms with Gasteiger partial charge in [-0.05, 0) is 42.9 Å². The van der Waals surface area contributed by atoms with Crippen LogP contribution in [-0.2, 0) is 6.42 Å². The SMILES string of the molecule is COc1cc(CCN2CCNCC2)c(Br)cc1OCC1CC1. The molecule has 2 aliphatic rings. The van der Waals surface area contributed by atoms with Crippen molar-refractivity contribution in [1.82, 2.24) is 10.2 Å². The van der Waals surface area contributed by atoms with Crippen LogP contribution < -0.4 is 14.8 Å². The molecule has 0 amide bonds. The summed E-state index contributed by atoms with van der Waals surface area (Å²) in [5.41, 5.74) is 1.29. The summed E-state index contributed by atoms with van der Waals surface area (Å²) in [5, 5.41) is 3.39. The molecule has 0 aromatic heterocycles. The van der Waals surface area contributed by atoms with Gasteiger partial charge in [-0.3, -0.25) is 0 Å². The molecule has 22 heavy (non-hydrogen) atoms. The minimum atomic E-state index is 0.746. The molecule has 5 heteroatoms. The predicted molar refractivity (Wildman–Crippen MR) is 91.9 cm³/mol. The van der Waals surface area contributed by atoms with E-state index in [0.29, 0.717) is 0 Å². The zero-order valence-electron chi connectivity index (χ0n) is 13.2. The van der Waals surface area contributed by atoms with Crippen molar-refractivity contribution in [2.24, 2.45) is 5.92 Å². The van der Waals surface area contributed by atoms with E-state index in [4.69, 9.17) is 9.47 Å². The number of benzene rings is 1. The van der Waals surface area contributed by atoms with Gasteiger partial charge < -0.3 is 19.7 Å². The van der Waals surface area contributed by atoms with Crippen LogP contribution in [0, 0.1) is 5.92 Å². The number of hydrogen-bond acceptors (Lipinski definition) is 4. The van der Waals surface area contributed by atoms with Crippen LogP contribution in [0.15, 0.2) is 16.6 Å².